The molecule has 0 unspecified atom stereocenters. The summed E-state index contributed by atoms with van der Waals surface area (Å²) in [5.74, 6) is 2.56. The molecule has 1 N–H and O–H groups in total. The minimum absolute atomic E-state index is 0.0934. The summed E-state index contributed by atoms with van der Waals surface area (Å²) in [6.07, 6.45) is 2.42. The molecule has 3 heterocycles. The van der Waals surface area contributed by atoms with E-state index in [4.69, 9.17) is 14.2 Å². The van der Waals surface area contributed by atoms with Gasteiger partial charge in [0, 0.05) is 25.8 Å². The molecule has 11 nitrogen and oxygen atoms in total. The first-order valence-electron chi connectivity index (χ1n) is 13.5. The Morgan fingerprint density at radius 1 is 0.854 bits per heavy atom. The molecular formula is C30H34N6O5. The molecule has 0 spiro atoms. The van der Waals surface area contributed by atoms with Gasteiger partial charge in [-0.2, -0.15) is 4.98 Å². The Bertz CT molecular complexity index is 1560. The van der Waals surface area contributed by atoms with Crippen LogP contribution in [0.1, 0.15) is 16.7 Å². The molecule has 41 heavy (non-hydrogen) atoms. The Morgan fingerprint density at radius 2 is 1.46 bits per heavy atom. The average molecular weight is 559 g/mol. The van der Waals surface area contributed by atoms with E-state index < -0.39 is 11.4 Å². The molecule has 4 aromatic rings. The maximum atomic E-state index is 13.7. The molecule has 5 rings (SSSR count). The van der Waals surface area contributed by atoms with Crippen LogP contribution in [0.15, 0.2) is 76.4 Å². The lowest BCUT2D eigenvalue weighted by Crippen LogP contribution is -2.43. The van der Waals surface area contributed by atoms with E-state index >= 15 is 0 Å². The molecule has 214 valence electrons. The van der Waals surface area contributed by atoms with Crippen LogP contribution in [-0.4, -0.2) is 66.2 Å². The van der Waals surface area contributed by atoms with Crippen LogP contribution < -0.4 is 31.1 Å². The highest BCUT2D eigenvalue weighted by atomic mass is 16.5. The third kappa shape index (κ3) is 6.75. The van der Waals surface area contributed by atoms with E-state index in [-0.39, 0.29) is 19.0 Å². The fraction of sp³-hybridized carbons (Fsp3) is 0.333. The molecule has 2 aromatic heterocycles. The van der Waals surface area contributed by atoms with Gasteiger partial charge >= 0.3 is 11.4 Å². The van der Waals surface area contributed by atoms with Crippen molar-refractivity contribution >= 4 is 11.8 Å². The zero-order chi connectivity index (χ0) is 28.6. The second-order valence-corrected chi connectivity index (χ2v) is 9.63. The van der Waals surface area contributed by atoms with E-state index in [1.54, 1.807) is 32.5 Å². The predicted molar refractivity (Wildman–Crippen MR) is 156 cm³/mol. The number of nitrogens with zero attached hydrogens (tertiary/aromatic N) is 5. The molecule has 0 atom stereocenters. The van der Waals surface area contributed by atoms with Crippen LogP contribution in [0.3, 0.4) is 0 Å². The van der Waals surface area contributed by atoms with Crippen molar-refractivity contribution in [3.63, 3.8) is 0 Å². The summed E-state index contributed by atoms with van der Waals surface area (Å²) >= 11 is 0. The van der Waals surface area contributed by atoms with E-state index in [0.29, 0.717) is 31.9 Å². The van der Waals surface area contributed by atoms with Gasteiger partial charge in [-0.15, -0.1) is 0 Å². The number of anilines is 2. The topological polar surface area (TPSA) is 113 Å². The summed E-state index contributed by atoms with van der Waals surface area (Å²) in [6, 6.07) is 18.6. The fourth-order valence-electron chi connectivity index (χ4n) is 4.76. The molecule has 0 bridgehead atoms. The van der Waals surface area contributed by atoms with Crippen LogP contribution in [-0.2, 0) is 24.2 Å². The molecule has 2 aromatic carbocycles. The van der Waals surface area contributed by atoms with Gasteiger partial charge < -0.3 is 24.4 Å². The summed E-state index contributed by atoms with van der Waals surface area (Å²) in [5.41, 5.74) is 1.66. The largest absolute Gasteiger partial charge is 0.497 e. The van der Waals surface area contributed by atoms with Crippen LogP contribution in [0.2, 0.25) is 0 Å². The van der Waals surface area contributed by atoms with Crippen molar-refractivity contribution in [3.8, 4) is 11.5 Å². The van der Waals surface area contributed by atoms with Crippen LogP contribution in [0.4, 0.5) is 11.8 Å². The Morgan fingerprint density at radius 3 is 2.07 bits per heavy atom. The number of hydrogen-bond donors (Lipinski definition) is 1. The maximum Gasteiger partial charge on any atom is 0.355 e. The van der Waals surface area contributed by atoms with Gasteiger partial charge in [-0.3, -0.25) is 4.57 Å². The molecule has 0 aliphatic carbocycles. The van der Waals surface area contributed by atoms with Gasteiger partial charge in [0.25, 0.3) is 0 Å². The van der Waals surface area contributed by atoms with E-state index in [1.165, 1.54) is 4.57 Å². The Kier molecular flexibility index (Phi) is 8.95. The normalized spacial score (nSPS) is 13.2. The number of nitrogens with one attached hydrogen (secondary N) is 1. The Hall–Kier alpha value is -4.64. The van der Waals surface area contributed by atoms with Gasteiger partial charge in [0.05, 0.1) is 40.5 Å². The first-order chi connectivity index (χ1) is 20.1. The molecule has 0 saturated carbocycles. The quantitative estimate of drug-likeness (QED) is 0.297. The molecule has 1 aliphatic rings. The Labute approximate surface area is 238 Å². The molecule has 1 fully saturated rings. The summed E-state index contributed by atoms with van der Waals surface area (Å²) in [5, 5.41) is 3.25. The minimum atomic E-state index is -0.616. The Balaban J connectivity index is 1.41. The van der Waals surface area contributed by atoms with Crippen LogP contribution in [0.25, 0.3) is 0 Å². The van der Waals surface area contributed by atoms with Crippen molar-refractivity contribution in [2.75, 3.05) is 57.3 Å². The van der Waals surface area contributed by atoms with Crippen molar-refractivity contribution in [1.82, 2.24) is 19.1 Å². The summed E-state index contributed by atoms with van der Waals surface area (Å²) in [6.45, 7) is 3.69. The smallest absolute Gasteiger partial charge is 0.355 e. The third-order valence-electron chi connectivity index (χ3n) is 7.00. The molecule has 1 aliphatic heterocycles. The average Bonchev–Trinajstić information content (AvgIpc) is 3.02. The number of ether oxygens (including phenoxy) is 3. The summed E-state index contributed by atoms with van der Waals surface area (Å²) in [7, 11) is 3.19. The number of hydrogen-bond acceptors (Lipinski definition) is 9. The van der Waals surface area contributed by atoms with Crippen LogP contribution in [0, 0.1) is 0 Å². The van der Waals surface area contributed by atoms with Gasteiger partial charge in [-0.05, 0) is 53.4 Å². The van der Waals surface area contributed by atoms with E-state index in [0.717, 1.165) is 45.9 Å². The highest BCUT2D eigenvalue weighted by Crippen LogP contribution is 2.19. The zero-order valence-electron chi connectivity index (χ0n) is 23.3. The number of morpholine rings is 1. The van der Waals surface area contributed by atoms with Gasteiger partial charge in [-0.25, -0.2) is 19.1 Å². The minimum Gasteiger partial charge on any atom is -0.497 e. The predicted octanol–water partition coefficient (Wildman–Crippen LogP) is 2.41. The molecule has 1 saturated heterocycles. The number of aromatic nitrogens is 4. The summed E-state index contributed by atoms with van der Waals surface area (Å²) < 4.78 is 18.6. The van der Waals surface area contributed by atoms with Crippen molar-refractivity contribution in [1.29, 1.82) is 0 Å². The summed E-state index contributed by atoms with van der Waals surface area (Å²) in [4.78, 5) is 38.0. The second-order valence-electron chi connectivity index (χ2n) is 9.63. The second kappa shape index (κ2) is 13.1. The van der Waals surface area contributed by atoms with Gasteiger partial charge in [0.2, 0.25) is 5.95 Å². The molecule has 11 heteroatoms. The monoisotopic (exact) mass is 558 g/mol. The molecule has 0 amide bonds. The number of pyridine rings is 1. The molecular weight excluding hydrogens is 524 g/mol. The fourth-order valence-corrected chi connectivity index (χ4v) is 4.76. The lowest BCUT2D eigenvalue weighted by molar-refractivity contribution is 0.122. The van der Waals surface area contributed by atoms with Gasteiger partial charge in [-0.1, -0.05) is 30.3 Å². The van der Waals surface area contributed by atoms with Crippen molar-refractivity contribution < 1.29 is 14.2 Å². The van der Waals surface area contributed by atoms with Crippen LogP contribution >= 0.6 is 0 Å². The van der Waals surface area contributed by atoms with E-state index in [9.17, 15) is 9.59 Å². The lowest BCUT2D eigenvalue weighted by Gasteiger charge is -2.29. The standard InChI is InChI=1S/C30H34N6O5/c1-39-25-9-5-22(6-10-25)20-35-28(32-15-13-24-4-3-14-31-27(24)34-16-18-41-19-17-34)33-29(37)36(30(35)38)21-23-7-11-26(40-2)12-8-23/h3-12,14H,13,15-21H2,1-2H3,(H,32,33,37). The van der Waals surface area contributed by atoms with Gasteiger partial charge in [0.1, 0.15) is 17.3 Å². The third-order valence-corrected chi connectivity index (χ3v) is 7.00. The van der Waals surface area contributed by atoms with E-state index in [1.807, 2.05) is 48.5 Å². The van der Waals surface area contributed by atoms with E-state index in [2.05, 4.69) is 20.2 Å². The van der Waals surface area contributed by atoms with Crippen molar-refractivity contribution in [2.24, 2.45) is 0 Å². The molecule has 0 radical (unpaired) electrons. The zero-order valence-corrected chi connectivity index (χ0v) is 23.3. The first-order valence-corrected chi connectivity index (χ1v) is 13.5. The highest BCUT2D eigenvalue weighted by molar-refractivity contribution is 5.47. The number of benzene rings is 2. The SMILES string of the molecule is COc1ccc(Cn2c(NCCc3cccnc3N3CCOCC3)nc(=O)n(Cc3ccc(OC)cc3)c2=O)cc1. The first kappa shape index (κ1) is 27.9. The lowest BCUT2D eigenvalue weighted by atomic mass is 10.1. The van der Waals surface area contributed by atoms with Crippen molar-refractivity contribution in [2.45, 2.75) is 19.5 Å². The number of methoxy groups -OCH3 is 2. The number of rotatable bonds is 11. The highest BCUT2D eigenvalue weighted by Gasteiger charge is 2.17. The van der Waals surface area contributed by atoms with Crippen LogP contribution in [0.5, 0.6) is 11.5 Å². The van der Waals surface area contributed by atoms with Crippen molar-refractivity contribution in [3.05, 3.63) is 105 Å². The van der Waals surface area contributed by atoms with Gasteiger partial charge in [0.15, 0.2) is 0 Å². The maximum absolute atomic E-state index is 13.7.